The van der Waals surface area contributed by atoms with Crippen molar-refractivity contribution in [2.24, 2.45) is 0 Å². The van der Waals surface area contributed by atoms with Gasteiger partial charge < -0.3 is 0 Å². The third-order valence-electron chi connectivity index (χ3n) is 5.60. The quantitative estimate of drug-likeness (QED) is 0.141. The van der Waals surface area contributed by atoms with Gasteiger partial charge >= 0.3 is 0 Å². The maximum atomic E-state index is 3.70. The monoisotopic (exact) mass is 668 g/mol. The number of fused-ring (bicyclic) bond motifs is 4. The van der Waals surface area contributed by atoms with Crippen LogP contribution in [0.2, 0.25) is 0 Å². The molecule has 32 heavy (non-hydrogen) atoms. The zero-order valence-corrected chi connectivity index (χ0v) is 23.1. The maximum absolute atomic E-state index is 3.70. The van der Waals surface area contributed by atoms with Crippen LogP contribution in [0.25, 0.3) is 43.1 Å². The van der Waals surface area contributed by atoms with E-state index in [1.165, 1.54) is 61.0 Å². The molecule has 156 valence electrons. The molecular weight excluding hydrogens is 656 g/mol. The van der Waals surface area contributed by atoms with E-state index in [2.05, 4.69) is 161 Å². The van der Waals surface area contributed by atoms with Gasteiger partial charge in [0, 0.05) is 17.9 Å². The summed E-state index contributed by atoms with van der Waals surface area (Å²) < 4.78 is 4.67. The molecule has 6 aromatic carbocycles. The molecule has 6 aromatic rings. The highest BCUT2D eigenvalue weighted by molar-refractivity contribution is 9.11. The highest BCUT2D eigenvalue weighted by Gasteiger charge is 2.10. The lowest BCUT2D eigenvalue weighted by Crippen LogP contribution is -1.81. The Kier molecular flexibility index (Phi) is 6.39. The van der Waals surface area contributed by atoms with E-state index >= 15 is 0 Å². The average molecular weight is 672 g/mol. The molecule has 0 nitrogen and oxygen atoms in total. The van der Waals surface area contributed by atoms with Gasteiger partial charge in [-0.05, 0) is 107 Å². The van der Waals surface area contributed by atoms with E-state index in [0.29, 0.717) is 0 Å². The Labute approximate surface area is 220 Å². The van der Waals surface area contributed by atoms with Crippen LogP contribution >= 0.6 is 63.7 Å². The predicted molar refractivity (Wildman–Crippen MR) is 154 cm³/mol. The molecule has 0 fully saturated rings. The van der Waals surface area contributed by atoms with Crippen molar-refractivity contribution in [1.82, 2.24) is 0 Å². The van der Waals surface area contributed by atoms with E-state index in [4.69, 9.17) is 0 Å². The molecule has 0 aromatic heterocycles. The van der Waals surface area contributed by atoms with Gasteiger partial charge in [0.05, 0.1) is 0 Å². The van der Waals surface area contributed by atoms with E-state index in [9.17, 15) is 0 Å². The largest absolute Gasteiger partial charge is 0.0616 e. The van der Waals surface area contributed by atoms with Crippen LogP contribution in [0.4, 0.5) is 0 Å². The summed E-state index contributed by atoms with van der Waals surface area (Å²) in [7, 11) is 0. The smallest absolute Gasteiger partial charge is 0.0332 e. The Morgan fingerprint density at radius 3 is 0.500 bits per heavy atom. The zero-order valence-electron chi connectivity index (χ0n) is 16.7. The lowest BCUT2D eigenvalue weighted by atomic mass is 10.0. The lowest BCUT2D eigenvalue weighted by Gasteiger charge is -2.09. The molecule has 0 amide bonds. The first kappa shape index (κ1) is 22.1. The van der Waals surface area contributed by atoms with Crippen molar-refractivity contribution in [3.8, 4) is 0 Å². The molecule has 0 N–H and O–H groups in total. The standard InChI is InChI=1S/2C14H8Br2/c2*15-13-9-5-1-2-6-10(9)14(16)12-8-4-3-7-11(12)13/h2*1-8H. The summed E-state index contributed by atoms with van der Waals surface area (Å²) in [6.07, 6.45) is 0. The molecule has 4 heteroatoms. The second-order valence-electron chi connectivity index (χ2n) is 7.44. The molecule has 0 radical (unpaired) electrons. The Bertz CT molecular complexity index is 1260. The topological polar surface area (TPSA) is 0 Å². The molecule has 0 saturated carbocycles. The van der Waals surface area contributed by atoms with Crippen LogP contribution < -0.4 is 0 Å². The fourth-order valence-electron chi connectivity index (χ4n) is 4.04. The van der Waals surface area contributed by atoms with Gasteiger partial charge in [0.1, 0.15) is 0 Å². The van der Waals surface area contributed by atoms with E-state index in [1.54, 1.807) is 0 Å². The zero-order chi connectivity index (χ0) is 22.2. The summed E-state index contributed by atoms with van der Waals surface area (Å²) in [6.45, 7) is 0. The predicted octanol–water partition coefficient (Wildman–Crippen LogP) is 11.0. The molecule has 0 atom stereocenters. The van der Waals surface area contributed by atoms with Gasteiger partial charge in [-0.25, -0.2) is 0 Å². The highest BCUT2D eigenvalue weighted by Crippen LogP contribution is 2.40. The van der Waals surface area contributed by atoms with Gasteiger partial charge in [0.2, 0.25) is 0 Å². The van der Waals surface area contributed by atoms with Crippen LogP contribution in [0, 0.1) is 0 Å². The minimum absolute atomic E-state index is 1.17. The van der Waals surface area contributed by atoms with Crippen molar-refractivity contribution in [1.29, 1.82) is 0 Å². The minimum atomic E-state index is 1.17. The fourth-order valence-corrected chi connectivity index (χ4v) is 6.81. The summed E-state index contributed by atoms with van der Waals surface area (Å²) in [5, 5.41) is 9.95. The molecular formula is C28H16Br4. The minimum Gasteiger partial charge on any atom is -0.0616 e. The van der Waals surface area contributed by atoms with Crippen LogP contribution in [-0.2, 0) is 0 Å². The van der Waals surface area contributed by atoms with Crippen LogP contribution in [0.1, 0.15) is 0 Å². The van der Waals surface area contributed by atoms with Crippen molar-refractivity contribution < 1.29 is 0 Å². The van der Waals surface area contributed by atoms with E-state index in [0.717, 1.165) is 0 Å². The third kappa shape index (κ3) is 3.81. The first-order valence-corrected chi connectivity index (χ1v) is 13.2. The van der Waals surface area contributed by atoms with Crippen molar-refractivity contribution in [2.75, 3.05) is 0 Å². The molecule has 0 aliphatic rings. The SMILES string of the molecule is Brc1c2ccccc2c(Br)c2ccccc12.Brc1c2ccccc2c(Br)c2ccccc12. The van der Waals surface area contributed by atoms with Crippen LogP contribution in [0.3, 0.4) is 0 Å². The first-order chi connectivity index (χ1) is 15.6. The molecule has 0 heterocycles. The molecule has 0 spiro atoms. The maximum Gasteiger partial charge on any atom is 0.0332 e. The van der Waals surface area contributed by atoms with Gasteiger partial charge in [0.25, 0.3) is 0 Å². The molecule has 6 rings (SSSR count). The van der Waals surface area contributed by atoms with Gasteiger partial charge in [-0.2, -0.15) is 0 Å². The Hall–Kier alpha value is -1.72. The molecule has 0 unspecified atom stereocenters. The van der Waals surface area contributed by atoms with Crippen LogP contribution in [-0.4, -0.2) is 0 Å². The number of hydrogen-bond acceptors (Lipinski definition) is 0. The van der Waals surface area contributed by atoms with Gasteiger partial charge in [-0.1, -0.05) is 97.1 Å². The second-order valence-corrected chi connectivity index (χ2v) is 10.6. The Morgan fingerprint density at radius 1 is 0.250 bits per heavy atom. The molecule has 0 aliphatic carbocycles. The van der Waals surface area contributed by atoms with Crippen LogP contribution in [0.15, 0.2) is 115 Å². The number of benzene rings is 6. The van der Waals surface area contributed by atoms with Crippen molar-refractivity contribution in [3.05, 3.63) is 115 Å². The third-order valence-corrected chi connectivity index (χ3v) is 9.02. The number of halogens is 4. The molecule has 0 saturated heterocycles. The molecule has 0 aliphatic heterocycles. The van der Waals surface area contributed by atoms with Gasteiger partial charge in [-0.3, -0.25) is 0 Å². The Morgan fingerprint density at radius 2 is 0.375 bits per heavy atom. The van der Waals surface area contributed by atoms with E-state index < -0.39 is 0 Å². The van der Waals surface area contributed by atoms with Crippen LogP contribution in [0.5, 0.6) is 0 Å². The summed E-state index contributed by atoms with van der Waals surface area (Å²) >= 11 is 14.8. The lowest BCUT2D eigenvalue weighted by molar-refractivity contribution is 1.72. The van der Waals surface area contributed by atoms with E-state index in [1.807, 2.05) is 0 Å². The van der Waals surface area contributed by atoms with E-state index in [-0.39, 0.29) is 0 Å². The van der Waals surface area contributed by atoms with Crippen molar-refractivity contribution >= 4 is 107 Å². The van der Waals surface area contributed by atoms with Gasteiger partial charge in [0.15, 0.2) is 0 Å². The second kappa shape index (κ2) is 9.26. The van der Waals surface area contributed by atoms with Crippen molar-refractivity contribution in [2.45, 2.75) is 0 Å². The average Bonchev–Trinajstić information content (AvgIpc) is 2.86. The number of hydrogen-bond donors (Lipinski definition) is 0. The summed E-state index contributed by atoms with van der Waals surface area (Å²) in [4.78, 5) is 0. The molecule has 0 bridgehead atoms. The summed E-state index contributed by atoms with van der Waals surface area (Å²) in [5.74, 6) is 0. The summed E-state index contributed by atoms with van der Waals surface area (Å²) in [5.41, 5.74) is 0. The first-order valence-electron chi connectivity index (χ1n) is 10.1. The number of rotatable bonds is 0. The van der Waals surface area contributed by atoms with Gasteiger partial charge in [-0.15, -0.1) is 0 Å². The highest BCUT2D eigenvalue weighted by atomic mass is 79.9. The Balaban J connectivity index is 0.000000135. The van der Waals surface area contributed by atoms with Crippen molar-refractivity contribution in [3.63, 3.8) is 0 Å². The fraction of sp³-hybridized carbons (Fsp3) is 0. The summed E-state index contributed by atoms with van der Waals surface area (Å²) in [6, 6.07) is 33.6. The normalized spacial score (nSPS) is 11.1.